The van der Waals surface area contributed by atoms with Crippen molar-refractivity contribution in [2.24, 2.45) is 0 Å². The number of sulfone groups is 1. The average molecular weight is 329 g/mol. The second kappa shape index (κ2) is 6.85. The molecule has 2 aromatic carbocycles. The van der Waals surface area contributed by atoms with Gasteiger partial charge in [-0.15, -0.1) is 0 Å². The highest BCUT2D eigenvalue weighted by Gasteiger charge is 2.25. The Morgan fingerprint density at radius 1 is 1.04 bits per heavy atom. The molecule has 0 aromatic heterocycles. The van der Waals surface area contributed by atoms with Gasteiger partial charge in [-0.3, -0.25) is 4.90 Å². The normalized spacial score (nSPS) is 17.4. The molecule has 0 heterocycles. The molecule has 0 fully saturated rings. The van der Waals surface area contributed by atoms with Gasteiger partial charge in [-0.25, -0.2) is 8.42 Å². The quantitative estimate of drug-likeness (QED) is 0.814. The van der Waals surface area contributed by atoms with E-state index >= 15 is 0 Å². The minimum Gasteiger partial charge on any atom is -0.299 e. The molecule has 23 heavy (non-hydrogen) atoms. The van der Waals surface area contributed by atoms with Crippen LogP contribution in [0.4, 0.5) is 0 Å². The molecule has 3 nitrogen and oxygen atoms in total. The minimum atomic E-state index is -3.17. The number of hydrogen-bond acceptors (Lipinski definition) is 3. The molecule has 0 unspecified atom stereocenters. The van der Waals surface area contributed by atoms with Crippen LogP contribution in [0.25, 0.3) is 0 Å². The number of benzene rings is 2. The second-order valence-corrected chi connectivity index (χ2v) is 8.33. The van der Waals surface area contributed by atoms with Crippen LogP contribution < -0.4 is 0 Å². The lowest BCUT2D eigenvalue weighted by molar-refractivity contribution is 0.245. The van der Waals surface area contributed by atoms with E-state index in [2.05, 4.69) is 36.2 Å². The maximum absolute atomic E-state index is 12.3. The molecule has 0 N–H and O–H groups in total. The van der Waals surface area contributed by atoms with Crippen molar-refractivity contribution < 1.29 is 8.42 Å². The largest absolute Gasteiger partial charge is 0.299 e. The summed E-state index contributed by atoms with van der Waals surface area (Å²) in [5, 5.41) is 0. The molecule has 0 bridgehead atoms. The van der Waals surface area contributed by atoms with Gasteiger partial charge >= 0.3 is 0 Å². The lowest BCUT2D eigenvalue weighted by atomic mass is 10.1. The number of hydrogen-bond donors (Lipinski definition) is 0. The molecule has 1 aliphatic carbocycles. The first-order valence-electron chi connectivity index (χ1n) is 8.14. The molecule has 1 atom stereocenters. The number of aryl methyl sites for hydroxylation is 1. The highest BCUT2D eigenvalue weighted by molar-refractivity contribution is 7.91. The van der Waals surface area contributed by atoms with E-state index in [0.29, 0.717) is 17.4 Å². The number of rotatable bonds is 6. The van der Waals surface area contributed by atoms with Crippen LogP contribution in [0.15, 0.2) is 59.5 Å². The average Bonchev–Trinajstić information content (AvgIpc) is 2.99. The van der Waals surface area contributed by atoms with Crippen molar-refractivity contribution in [2.45, 2.75) is 30.2 Å². The van der Waals surface area contributed by atoms with Crippen LogP contribution in [0.3, 0.4) is 0 Å². The van der Waals surface area contributed by atoms with Gasteiger partial charge in [-0.1, -0.05) is 42.5 Å². The summed E-state index contributed by atoms with van der Waals surface area (Å²) in [4.78, 5) is 2.72. The zero-order chi connectivity index (χ0) is 16.3. The van der Waals surface area contributed by atoms with Crippen molar-refractivity contribution in [1.82, 2.24) is 4.90 Å². The maximum atomic E-state index is 12.3. The highest BCUT2D eigenvalue weighted by Crippen LogP contribution is 2.34. The summed E-state index contributed by atoms with van der Waals surface area (Å²) in [6.07, 6.45) is 2.90. The molecule has 122 valence electrons. The lowest BCUT2D eigenvalue weighted by Crippen LogP contribution is -2.25. The Hall–Kier alpha value is -1.65. The zero-order valence-electron chi connectivity index (χ0n) is 13.5. The molecule has 4 heteroatoms. The van der Waals surface area contributed by atoms with Crippen LogP contribution in [0.1, 0.15) is 30.0 Å². The fourth-order valence-electron chi connectivity index (χ4n) is 3.40. The van der Waals surface area contributed by atoms with Crippen LogP contribution in [-0.4, -0.2) is 32.7 Å². The van der Waals surface area contributed by atoms with Crippen molar-refractivity contribution in [1.29, 1.82) is 0 Å². The number of fused-ring (bicyclic) bond motifs is 1. The zero-order valence-corrected chi connectivity index (χ0v) is 14.3. The third-order valence-corrected chi connectivity index (χ3v) is 6.48. The van der Waals surface area contributed by atoms with Gasteiger partial charge in [0.2, 0.25) is 0 Å². The van der Waals surface area contributed by atoms with Crippen LogP contribution in [0.5, 0.6) is 0 Å². The lowest BCUT2D eigenvalue weighted by Gasteiger charge is -2.25. The molecule has 0 radical (unpaired) electrons. The molecule has 0 saturated heterocycles. The van der Waals surface area contributed by atoms with E-state index in [9.17, 15) is 8.42 Å². The fourth-order valence-corrected chi connectivity index (χ4v) is 4.71. The SMILES string of the molecule is CN(CCCS(=O)(=O)c1ccccc1)[C@H]1CCc2ccccc21. The first kappa shape index (κ1) is 16.2. The first-order chi connectivity index (χ1) is 11.1. The van der Waals surface area contributed by atoms with Gasteiger partial charge in [-0.2, -0.15) is 0 Å². The van der Waals surface area contributed by atoms with Crippen molar-refractivity contribution in [3.63, 3.8) is 0 Å². The topological polar surface area (TPSA) is 37.4 Å². The molecule has 0 aliphatic heterocycles. The Labute approximate surface area is 138 Å². The minimum absolute atomic E-state index is 0.204. The maximum Gasteiger partial charge on any atom is 0.178 e. The summed E-state index contributed by atoms with van der Waals surface area (Å²) in [6.45, 7) is 0.797. The molecular formula is C19H23NO2S. The predicted octanol–water partition coefficient (Wildman–Crippen LogP) is 3.47. The van der Waals surface area contributed by atoms with Crippen LogP contribution in [0, 0.1) is 0 Å². The highest BCUT2D eigenvalue weighted by atomic mass is 32.2. The number of nitrogens with zero attached hydrogens (tertiary/aromatic N) is 1. The Morgan fingerprint density at radius 3 is 2.52 bits per heavy atom. The van der Waals surface area contributed by atoms with Crippen molar-refractivity contribution in [2.75, 3.05) is 19.3 Å². The van der Waals surface area contributed by atoms with Gasteiger partial charge < -0.3 is 0 Å². The molecule has 0 saturated carbocycles. The van der Waals surface area contributed by atoms with Gasteiger partial charge in [0.05, 0.1) is 10.6 Å². The first-order valence-corrected chi connectivity index (χ1v) is 9.79. The molecule has 1 aliphatic rings. The smallest absolute Gasteiger partial charge is 0.178 e. The summed E-state index contributed by atoms with van der Waals surface area (Å²) < 4.78 is 24.6. The van der Waals surface area contributed by atoms with Crippen LogP contribution in [-0.2, 0) is 16.3 Å². The molecule has 0 amide bonds. The fraction of sp³-hybridized carbons (Fsp3) is 0.368. The van der Waals surface area contributed by atoms with Gasteiger partial charge in [-0.05, 0) is 56.1 Å². The van der Waals surface area contributed by atoms with Crippen molar-refractivity contribution in [3.05, 3.63) is 65.7 Å². The Bertz CT molecular complexity index is 756. The van der Waals surface area contributed by atoms with E-state index < -0.39 is 9.84 Å². The van der Waals surface area contributed by atoms with E-state index in [1.54, 1.807) is 24.3 Å². The third kappa shape index (κ3) is 3.65. The van der Waals surface area contributed by atoms with Gasteiger partial charge in [0.1, 0.15) is 0 Å². The molecular weight excluding hydrogens is 306 g/mol. The van der Waals surface area contributed by atoms with E-state index in [1.807, 2.05) is 6.07 Å². The Kier molecular flexibility index (Phi) is 4.83. The van der Waals surface area contributed by atoms with E-state index in [0.717, 1.165) is 19.4 Å². The summed E-state index contributed by atoms with van der Waals surface area (Å²) in [6, 6.07) is 17.7. The Balaban J connectivity index is 1.57. The summed E-state index contributed by atoms with van der Waals surface area (Å²) >= 11 is 0. The summed E-state index contributed by atoms with van der Waals surface area (Å²) in [5.74, 6) is 0.204. The van der Waals surface area contributed by atoms with Crippen molar-refractivity contribution >= 4 is 9.84 Å². The monoisotopic (exact) mass is 329 g/mol. The standard InChI is InChI=1S/C19H23NO2S/c1-20(19-13-12-16-8-5-6-11-18(16)19)14-7-15-23(21,22)17-9-3-2-4-10-17/h2-6,8-11,19H,7,12-15H2,1H3/t19-/m0/s1. The Morgan fingerprint density at radius 2 is 1.74 bits per heavy atom. The van der Waals surface area contributed by atoms with Gasteiger partial charge in [0.15, 0.2) is 9.84 Å². The van der Waals surface area contributed by atoms with E-state index in [4.69, 9.17) is 0 Å². The van der Waals surface area contributed by atoms with E-state index in [1.165, 1.54) is 11.1 Å². The third-order valence-electron chi connectivity index (χ3n) is 4.66. The van der Waals surface area contributed by atoms with Crippen molar-refractivity contribution in [3.8, 4) is 0 Å². The van der Waals surface area contributed by atoms with E-state index in [-0.39, 0.29) is 5.75 Å². The molecule has 3 rings (SSSR count). The predicted molar refractivity (Wildman–Crippen MR) is 93.2 cm³/mol. The van der Waals surface area contributed by atoms with Crippen LogP contribution in [0.2, 0.25) is 0 Å². The second-order valence-electron chi connectivity index (χ2n) is 6.22. The van der Waals surface area contributed by atoms with Gasteiger partial charge in [0.25, 0.3) is 0 Å². The van der Waals surface area contributed by atoms with Gasteiger partial charge in [0, 0.05) is 6.04 Å². The molecule has 0 spiro atoms. The summed E-state index contributed by atoms with van der Waals surface area (Å²) in [5.41, 5.74) is 2.84. The summed E-state index contributed by atoms with van der Waals surface area (Å²) in [7, 11) is -1.07. The van der Waals surface area contributed by atoms with Crippen LogP contribution >= 0.6 is 0 Å². The molecule has 2 aromatic rings.